The summed E-state index contributed by atoms with van der Waals surface area (Å²) in [6.07, 6.45) is 1.76. The van der Waals surface area contributed by atoms with Crippen LogP contribution in [0.3, 0.4) is 0 Å². The van der Waals surface area contributed by atoms with Crippen molar-refractivity contribution < 1.29 is 28.6 Å². The van der Waals surface area contributed by atoms with E-state index in [0.29, 0.717) is 16.7 Å². The molecule has 0 spiro atoms. The number of nitrogens with zero attached hydrogens (tertiary/aromatic N) is 4. The smallest absolute Gasteiger partial charge is 0.338 e. The van der Waals surface area contributed by atoms with Crippen LogP contribution in [0.5, 0.6) is 0 Å². The van der Waals surface area contributed by atoms with Gasteiger partial charge in [-0.25, -0.2) is 19.7 Å². The van der Waals surface area contributed by atoms with Gasteiger partial charge in [0.05, 0.1) is 25.6 Å². The predicted molar refractivity (Wildman–Crippen MR) is 193 cm³/mol. The number of amides is 1. The first-order valence-electron chi connectivity index (χ1n) is 16.8. The molecule has 0 bridgehead atoms. The molecular weight excluding hydrogens is 651 g/mol. The zero-order valence-electron chi connectivity index (χ0n) is 28.9. The van der Waals surface area contributed by atoms with Crippen molar-refractivity contribution >= 4 is 47.5 Å². The van der Waals surface area contributed by atoms with Crippen molar-refractivity contribution in [3.8, 4) is 0 Å². The van der Waals surface area contributed by atoms with Crippen LogP contribution < -0.4 is 15.7 Å². The quantitative estimate of drug-likeness (QED) is 0.147. The van der Waals surface area contributed by atoms with Gasteiger partial charge >= 0.3 is 5.97 Å². The summed E-state index contributed by atoms with van der Waals surface area (Å²) in [6.45, 7) is 10.1. The average molecular weight is 694 g/mol. The van der Waals surface area contributed by atoms with Crippen LogP contribution in [-0.2, 0) is 18.7 Å². The van der Waals surface area contributed by atoms with Crippen molar-refractivity contribution in [2.45, 2.75) is 64.0 Å². The molecule has 0 saturated carbocycles. The first-order valence-corrected chi connectivity index (χ1v) is 18.7. The van der Waals surface area contributed by atoms with Gasteiger partial charge in [-0.3, -0.25) is 9.36 Å². The maximum Gasteiger partial charge on any atom is 0.338 e. The molecular formula is C38H43N5O6Si. The van der Waals surface area contributed by atoms with Gasteiger partial charge in [-0.15, -0.1) is 0 Å². The van der Waals surface area contributed by atoms with Crippen LogP contribution in [0.2, 0.25) is 5.04 Å². The van der Waals surface area contributed by atoms with E-state index < -0.39 is 38.1 Å². The molecule has 1 amide bonds. The highest BCUT2D eigenvalue weighted by Gasteiger charge is 2.54. The molecule has 0 unspecified atom stereocenters. The molecule has 1 fully saturated rings. The lowest BCUT2D eigenvalue weighted by atomic mass is 9.85. The van der Waals surface area contributed by atoms with Crippen LogP contribution in [0, 0.1) is 5.92 Å². The van der Waals surface area contributed by atoms with Gasteiger partial charge in [0.2, 0.25) is 0 Å². The number of rotatable bonds is 11. The van der Waals surface area contributed by atoms with Crippen LogP contribution in [0.1, 0.15) is 57.6 Å². The fraction of sp³-hybridized carbons (Fsp3) is 0.342. The van der Waals surface area contributed by atoms with Crippen molar-refractivity contribution in [2.75, 3.05) is 18.5 Å². The van der Waals surface area contributed by atoms with Gasteiger partial charge in [0.15, 0.2) is 22.6 Å². The third kappa shape index (κ3) is 6.59. The lowest BCUT2D eigenvalue weighted by Gasteiger charge is -2.43. The lowest BCUT2D eigenvalue weighted by Crippen LogP contribution is -2.67. The number of aromatic nitrogens is 4. The number of aliphatic hydroxyl groups is 1. The molecule has 0 aliphatic carbocycles. The summed E-state index contributed by atoms with van der Waals surface area (Å²) in [6, 6.07) is 29.4. The van der Waals surface area contributed by atoms with E-state index in [4.69, 9.17) is 13.9 Å². The number of esters is 1. The Morgan fingerprint density at radius 1 is 0.920 bits per heavy atom. The second-order valence-corrected chi connectivity index (χ2v) is 18.0. The first kappa shape index (κ1) is 35.1. The van der Waals surface area contributed by atoms with Crippen molar-refractivity contribution in [3.05, 3.63) is 109 Å². The van der Waals surface area contributed by atoms with E-state index in [-0.39, 0.29) is 36.4 Å². The summed E-state index contributed by atoms with van der Waals surface area (Å²) >= 11 is 0. The topological polar surface area (TPSA) is 138 Å². The van der Waals surface area contributed by atoms with Gasteiger partial charge < -0.3 is 24.3 Å². The molecule has 0 radical (unpaired) electrons. The van der Waals surface area contributed by atoms with E-state index in [0.717, 1.165) is 10.4 Å². The number of carbonyl (C=O) groups excluding carboxylic acids is 2. The SMILES string of the molecule is CCOC(=O)[C@@](C)(O)[C@@H]1C[C@@H](CO[Si](c2ccccc2)(c2ccccc2)C(C)(C)C)O[C@H]1n1cnc2c(NC(=O)c3ccccc3)ncnc21. The van der Waals surface area contributed by atoms with Crippen LogP contribution >= 0.6 is 0 Å². The second-order valence-electron chi connectivity index (χ2n) is 13.7. The Bertz CT molecular complexity index is 1890. The second kappa shape index (κ2) is 14.2. The highest BCUT2D eigenvalue weighted by atomic mass is 28.4. The molecule has 50 heavy (non-hydrogen) atoms. The molecule has 11 nitrogen and oxygen atoms in total. The molecule has 3 heterocycles. The number of benzene rings is 3. The van der Waals surface area contributed by atoms with Crippen molar-refractivity contribution in [1.82, 2.24) is 19.5 Å². The van der Waals surface area contributed by atoms with Gasteiger partial charge in [0.1, 0.15) is 12.6 Å². The number of hydrogen-bond acceptors (Lipinski definition) is 9. The number of ether oxygens (including phenoxy) is 2. The summed E-state index contributed by atoms with van der Waals surface area (Å²) in [5.41, 5.74) is -0.749. The maximum atomic E-state index is 13.2. The van der Waals surface area contributed by atoms with E-state index in [1.165, 1.54) is 19.6 Å². The third-order valence-electron chi connectivity index (χ3n) is 9.41. The average Bonchev–Trinajstić information content (AvgIpc) is 3.75. The number of imidazole rings is 1. The Labute approximate surface area is 292 Å². The predicted octanol–water partition coefficient (Wildman–Crippen LogP) is 4.87. The molecule has 1 aliphatic rings. The van der Waals surface area contributed by atoms with E-state index in [9.17, 15) is 14.7 Å². The largest absolute Gasteiger partial charge is 0.464 e. The van der Waals surface area contributed by atoms with Gasteiger partial charge in [-0.05, 0) is 47.8 Å². The van der Waals surface area contributed by atoms with Gasteiger partial charge in [-0.2, -0.15) is 0 Å². The number of hydrogen-bond donors (Lipinski definition) is 2. The number of carbonyl (C=O) groups is 2. The molecule has 4 atom stereocenters. The monoisotopic (exact) mass is 693 g/mol. The number of fused-ring (bicyclic) bond motifs is 1. The molecule has 2 N–H and O–H groups in total. The molecule has 1 saturated heterocycles. The Kier molecular flexibility index (Phi) is 9.99. The summed E-state index contributed by atoms with van der Waals surface area (Å²) < 4.78 is 20.9. The highest BCUT2D eigenvalue weighted by Crippen LogP contribution is 2.44. The third-order valence-corrected chi connectivity index (χ3v) is 14.4. The van der Waals surface area contributed by atoms with Gasteiger partial charge in [0.25, 0.3) is 14.2 Å². The van der Waals surface area contributed by atoms with Gasteiger partial charge in [0, 0.05) is 11.5 Å². The van der Waals surface area contributed by atoms with Crippen LogP contribution in [0.25, 0.3) is 11.2 Å². The molecule has 260 valence electrons. The Balaban J connectivity index is 1.36. The minimum Gasteiger partial charge on any atom is -0.464 e. The molecule has 5 aromatic rings. The lowest BCUT2D eigenvalue weighted by molar-refractivity contribution is -0.174. The van der Waals surface area contributed by atoms with E-state index in [1.54, 1.807) is 35.8 Å². The van der Waals surface area contributed by atoms with Crippen molar-refractivity contribution in [3.63, 3.8) is 0 Å². The molecule has 12 heteroatoms. The zero-order chi connectivity index (χ0) is 35.5. The van der Waals surface area contributed by atoms with Crippen LogP contribution in [0.15, 0.2) is 104 Å². The van der Waals surface area contributed by atoms with Crippen LogP contribution in [-0.4, -0.2) is 69.7 Å². The fourth-order valence-electron chi connectivity index (χ4n) is 6.93. The fourth-order valence-corrected chi connectivity index (χ4v) is 11.5. The molecule has 1 aliphatic heterocycles. The Hall–Kier alpha value is -4.75. The summed E-state index contributed by atoms with van der Waals surface area (Å²) in [5, 5.41) is 16.6. The van der Waals surface area contributed by atoms with Crippen molar-refractivity contribution in [2.24, 2.45) is 5.92 Å². The van der Waals surface area contributed by atoms with Crippen LogP contribution in [0.4, 0.5) is 5.82 Å². The zero-order valence-corrected chi connectivity index (χ0v) is 29.9. The molecule has 6 rings (SSSR count). The summed E-state index contributed by atoms with van der Waals surface area (Å²) in [5.74, 6) is -1.63. The van der Waals surface area contributed by atoms with Crippen molar-refractivity contribution in [1.29, 1.82) is 0 Å². The summed E-state index contributed by atoms with van der Waals surface area (Å²) in [4.78, 5) is 39.5. The van der Waals surface area contributed by atoms with E-state index >= 15 is 0 Å². The van der Waals surface area contributed by atoms with Gasteiger partial charge in [-0.1, -0.05) is 99.6 Å². The maximum absolute atomic E-state index is 13.2. The van der Waals surface area contributed by atoms with E-state index in [1.807, 2.05) is 42.5 Å². The number of nitrogens with one attached hydrogen (secondary N) is 1. The minimum absolute atomic E-state index is 0.110. The Morgan fingerprint density at radius 2 is 1.52 bits per heavy atom. The first-order chi connectivity index (χ1) is 24.0. The molecule has 2 aromatic heterocycles. The minimum atomic E-state index is -2.92. The Morgan fingerprint density at radius 3 is 2.10 bits per heavy atom. The molecule has 3 aromatic carbocycles. The highest BCUT2D eigenvalue weighted by molar-refractivity contribution is 6.99. The normalized spacial score (nSPS) is 19.2. The number of anilines is 1. The summed E-state index contributed by atoms with van der Waals surface area (Å²) in [7, 11) is -2.92. The standard InChI is InChI=1S/C38H43N5O6Si/c1-6-47-36(45)38(5,46)30-22-27(23-48-50(37(2,3)4,28-18-12-8-13-19-28)29-20-14-9-15-21-29)49-35(30)43-25-41-31-32(39-24-40-33(31)43)42-34(44)26-16-10-7-11-17-26/h7-21,24-25,27,30,35,46H,6,22-23H2,1-5H3,(H,39,40,42,44)/t27-,30+,35+,38-/m0/s1. The van der Waals surface area contributed by atoms with E-state index in [2.05, 4.69) is 65.3 Å².